The van der Waals surface area contributed by atoms with E-state index in [9.17, 15) is 8.42 Å². The zero-order chi connectivity index (χ0) is 21.3. The van der Waals surface area contributed by atoms with Crippen LogP contribution in [0.25, 0.3) is 4.91 Å². The molecule has 0 spiro atoms. The minimum Gasteiger partial charge on any atom is -0.264 e. The van der Waals surface area contributed by atoms with Gasteiger partial charge in [0.15, 0.2) is 0 Å². The Balaban J connectivity index is 1.47. The van der Waals surface area contributed by atoms with Crippen LogP contribution in [0.1, 0.15) is 83.3 Å². The number of amidine groups is 1. The van der Waals surface area contributed by atoms with Crippen LogP contribution in [-0.2, 0) is 10.0 Å². The van der Waals surface area contributed by atoms with Crippen molar-refractivity contribution in [3.05, 3.63) is 41.0 Å². The van der Waals surface area contributed by atoms with E-state index in [4.69, 9.17) is 4.99 Å². The number of sulfonamides is 1. The van der Waals surface area contributed by atoms with E-state index >= 15 is 0 Å². The molecule has 1 atom stereocenters. The molecule has 5 heteroatoms. The van der Waals surface area contributed by atoms with Gasteiger partial charge in [-0.1, -0.05) is 38.1 Å². The lowest BCUT2D eigenvalue weighted by Crippen LogP contribution is -2.50. The van der Waals surface area contributed by atoms with Gasteiger partial charge in [0.25, 0.3) is 10.0 Å². The smallest absolute Gasteiger partial charge is 0.264 e. The lowest BCUT2D eigenvalue weighted by Gasteiger charge is -2.58. The lowest BCUT2D eigenvalue weighted by molar-refractivity contribution is -0.0633. The van der Waals surface area contributed by atoms with Gasteiger partial charge in [-0.3, -0.25) is 9.71 Å². The summed E-state index contributed by atoms with van der Waals surface area (Å²) in [5.74, 6) is 3.58. The molecule has 0 unspecified atom stereocenters. The molecule has 1 N–H and O–H groups in total. The second-order valence-electron chi connectivity index (χ2n) is 10.8. The first kappa shape index (κ1) is 20.3. The summed E-state index contributed by atoms with van der Waals surface area (Å²) in [6.45, 7) is 8.40. The Labute approximate surface area is 181 Å². The predicted octanol–water partition coefficient (Wildman–Crippen LogP) is 5.48. The van der Waals surface area contributed by atoms with Gasteiger partial charge in [0.2, 0.25) is 0 Å². The van der Waals surface area contributed by atoms with Crippen LogP contribution >= 0.6 is 0 Å². The van der Waals surface area contributed by atoms with E-state index in [0.717, 1.165) is 28.9 Å². The summed E-state index contributed by atoms with van der Waals surface area (Å²) in [4.78, 5) is 5.42. The number of hydrogen-bond acceptors (Lipinski definition) is 3. The second kappa shape index (κ2) is 6.94. The molecule has 30 heavy (non-hydrogen) atoms. The molecule has 0 amide bonds. The first-order valence-electron chi connectivity index (χ1n) is 11.6. The fourth-order valence-corrected chi connectivity index (χ4v) is 8.61. The zero-order valence-electron chi connectivity index (χ0n) is 18.6. The first-order valence-corrected chi connectivity index (χ1v) is 13.1. The van der Waals surface area contributed by atoms with Crippen molar-refractivity contribution in [2.75, 3.05) is 0 Å². The second-order valence-corrected chi connectivity index (χ2v) is 12.4. The van der Waals surface area contributed by atoms with E-state index in [1.54, 1.807) is 0 Å². The summed E-state index contributed by atoms with van der Waals surface area (Å²) < 4.78 is 28.7. The number of benzene rings is 1. The molecule has 5 aliphatic rings. The topological polar surface area (TPSA) is 58.5 Å². The summed E-state index contributed by atoms with van der Waals surface area (Å²) >= 11 is 0. The monoisotopic (exact) mass is 426 g/mol. The van der Waals surface area contributed by atoms with Gasteiger partial charge in [-0.15, -0.1) is 0 Å². The van der Waals surface area contributed by atoms with E-state index in [1.807, 2.05) is 31.2 Å². The molecule has 0 saturated heterocycles. The molecule has 162 valence electrons. The normalized spacial score (nSPS) is 36.6. The van der Waals surface area contributed by atoms with Crippen LogP contribution in [0, 0.1) is 23.2 Å². The van der Waals surface area contributed by atoms with Crippen LogP contribution in [0.2, 0.25) is 0 Å². The Bertz CT molecular complexity index is 982. The zero-order valence-corrected chi connectivity index (χ0v) is 19.4. The third-order valence-corrected chi connectivity index (χ3v) is 9.87. The molecule has 1 aromatic carbocycles. The summed E-state index contributed by atoms with van der Waals surface area (Å²) in [5.41, 5.74) is 2.99. The Morgan fingerprint density at radius 2 is 1.50 bits per heavy atom. The fraction of sp³-hybridized carbons (Fsp3) is 0.640. The predicted molar refractivity (Wildman–Crippen MR) is 123 cm³/mol. The number of rotatable bonds is 4. The summed E-state index contributed by atoms with van der Waals surface area (Å²) in [7, 11) is -3.57. The highest BCUT2D eigenvalue weighted by Gasteiger charge is 2.53. The van der Waals surface area contributed by atoms with E-state index in [0.29, 0.717) is 16.7 Å². The van der Waals surface area contributed by atoms with Gasteiger partial charge in [-0.25, -0.2) is 8.42 Å². The van der Waals surface area contributed by atoms with Gasteiger partial charge in [0, 0.05) is 5.57 Å². The van der Waals surface area contributed by atoms with Crippen LogP contribution in [0.3, 0.4) is 0 Å². The Hall–Kier alpha value is -1.62. The van der Waals surface area contributed by atoms with E-state index in [1.165, 1.54) is 44.1 Å². The largest absolute Gasteiger partial charge is 0.264 e. The molecule has 0 aromatic heterocycles. The molecular formula is C25H34N2O2S. The van der Waals surface area contributed by atoms with Crippen molar-refractivity contribution in [1.82, 2.24) is 4.72 Å². The number of nitrogens with one attached hydrogen (secondary N) is 1. The maximum absolute atomic E-state index is 13.0. The van der Waals surface area contributed by atoms with Crippen molar-refractivity contribution >= 4 is 20.8 Å². The third kappa shape index (κ3) is 3.24. The van der Waals surface area contributed by atoms with Crippen LogP contribution in [-0.4, -0.2) is 20.3 Å². The van der Waals surface area contributed by atoms with Crippen molar-refractivity contribution in [2.45, 2.75) is 78.2 Å². The van der Waals surface area contributed by atoms with Gasteiger partial charge in [-0.2, -0.15) is 0 Å². The average Bonchev–Trinajstić information content (AvgIpc) is 2.88. The fourth-order valence-electron chi connectivity index (χ4n) is 7.10. The van der Waals surface area contributed by atoms with E-state index in [2.05, 4.69) is 25.5 Å². The third-order valence-electron chi connectivity index (χ3n) is 8.33. The Morgan fingerprint density at radius 1 is 0.967 bits per heavy atom. The van der Waals surface area contributed by atoms with Crippen molar-refractivity contribution in [3.8, 4) is 0 Å². The molecule has 4 aliphatic carbocycles. The maximum atomic E-state index is 13.0. The van der Waals surface area contributed by atoms with Crippen LogP contribution in [0.15, 0.2) is 34.8 Å². The highest BCUT2D eigenvalue weighted by molar-refractivity contribution is 8.00. The molecule has 4 nitrogen and oxygen atoms in total. The highest BCUT2D eigenvalue weighted by Crippen LogP contribution is 2.61. The average molecular weight is 427 g/mol. The Morgan fingerprint density at radius 3 is 2.00 bits per heavy atom. The van der Waals surface area contributed by atoms with Crippen molar-refractivity contribution in [1.29, 1.82) is 0 Å². The molecule has 1 aromatic rings. The number of aliphatic imine (C=N–C) groups is 1. The molecule has 1 aliphatic heterocycles. The minimum absolute atomic E-state index is 0.154. The van der Waals surface area contributed by atoms with Gasteiger partial charge in [0.05, 0.1) is 6.04 Å². The van der Waals surface area contributed by atoms with Crippen molar-refractivity contribution in [3.63, 3.8) is 0 Å². The highest BCUT2D eigenvalue weighted by atomic mass is 32.2. The molecule has 4 saturated carbocycles. The summed E-state index contributed by atoms with van der Waals surface area (Å²) in [6.07, 6.45) is 8.04. The number of hydrogen-bond donors (Lipinski definition) is 1. The maximum Gasteiger partial charge on any atom is 0.264 e. The van der Waals surface area contributed by atoms with Crippen LogP contribution in [0.4, 0.5) is 0 Å². The van der Waals surface area contributed by atoms with Crippen LogP contribution in [0.5, 0.6) is 0 Å². The molecule has 4 bridgehead atoms. The van der Waals surface area contributed by atoms with Gasteiger partial charge in [0.1, 0.15) is 10.7 Å². The molecule has 1 heterocycles. The summed E-state index contributed by atoms with van der Waals surface area (Å²) in [5, 5.41) is 0. The quantitative estimate of drug-likeness (QED) is 0.693. The van der Waals surface area contributed by atoms with Crippen molar-refractivity contribution in [2.24, 2.45) is 28.2 Å². The standard InChI is InChI=1S/C25H34N2O2S/c1-15(2)21-5-7-22(8-6-21)23-16(3)24(27-30(23,28)29)26-17(4)25-12-18-9-19(13-25)11-20(10-18)14-25/h5-8,15,17-20H,9-14H2,1-4H3,(H,26,27)/t17-,18?,19?,20?,25?/m1/s1. The number of nitrogens with zero attached hydrogens (tertiary/aromatic N) is 1. The molecule has 0 radical (unpaired) electrons. The first-order chi connectivity index (χ1) is 14.2. The van der Waals surface area contributed by atoms with Gasteiger partial charge >= 0.3 is 0 Å². The van der Waals surface area contributed by atoms with Crippen LogP contribution < -0.4 is 4.72 Å². The minimum atomic E-state index is -3.57. The van der Waals surface area contributed by atoms with Crippen molar-refractivity contribution < 1.29 is 8.42 Å². The van der Waals surface area contributed by atoms with E-state index in [-0.39, 0.29) is 11.5 Å². The summed E-state index contributed by atoms with van der Waals surface area (Å²) in [6, 6.07) is 8.07. The van der Waals surface area contributed by atoms with Gasteiger partial charge < -0.3 is 0 Å². The lowest BCUT2D eigenvalue weighted by atomic mass is 9.48. The Kier molecular flexibility index (Phi) is 4.70. The molecular weight excluding hydrogens is 392 g/mol. The van der Waals surface area contributed by atoms with E-state index < -0.39 is 10.0 Å². The molecule has 6 rings (SSSR count). The van der Waals surface area contributed by atoms with Gasteiger partial charge in [-0.05, 0) is 92.6 Å². The molecule has 4 fully saturated rings. The SMILES string of the molecule is CC1=C(c2ccc(C(C)C)cc2)S(=O)(=O)NC1=N[C@H](C)C12CC3CC(CC(C3)C1)C2.